The fraction of sp³-hybridized carbons (Fsp3) is 0.417. The van der Waals surface area contributed by atoms with Crippen LogP contribution in [0.1, 0.15) is 26.3 Å². The van der Waals surface area contributed by atoms with Gasteiger partial charge in [0.1, 0.15) is 12.0 Å². The summed E-state index contributed by atoms with van der Waals surface area (Å²) in [6.45, 7) is 6.52. The summed E-state index contributed by atoms with van der Waals surface area (Å²) in [5.41, 5.74) is 2.21. The van der Waals surface area contributed by atoms with Crippen molar-refractivity contribution in [2.24, 2.45) is 7.05 Å². The molecule has 0 fully saturated rings. The fourth-order valence-corrected chi connectivity index (χ4v) is 1.48. The molecule has 0 aliphatic heterocycles. The van der Waals surface area contributed by atoms with E-state index in [0.29, 0.717) is 0 Å². The molecule has 4 heteroatoms. The maximum Gasteiger partial charge on any atom is 0.182 e. The van der Waals surface area contributed by atoms with E-state index in [2.05, 4.69) is 42.0 Å². The van der Waals surface area contributed by atoms with Crippen LogP contribution in [-0.2, 0) is 12.5 Å². The summed E-state index contributed by atoms with van der Waals surface area (Å²) < 4.78 is 1.86. The van der Waals surface area contributed by atoms with Gasteiger partial charge in [-0.3, -0.25) is 4.98 Å². The van der Waals surface area contributed by atoms with Crippen molar-refractivity contribution in [2.45, 2.75) is 26.2 Å². The molecule has 2 rings (SSSR count). The minimum atomic E-state index is 0.130. The number of hydrogen-bond acceptors (Lipinski definition) is 3. The van der Waals surface area contributed by atoms with Gasteiger partial charge in [0.05, 0.1) is 0 Å². The van der Waals surface area contributed by atoms with Crippen LogP contribution in [-0.4, -0.2) is 19.7 Å². The zero-order valence-electron chi connectivity index (χ0n) is 10.1. The lowest BCUT2D eigenvalue weighted by molar-refractivity contribution is 0.587. The molecular formula is C12H16N4. The van der Waals surface area contributed by atoms with Crippen molar-refractivity contribution in [3.05, 3.63) is 30.2 Å². The monoisotopic (exact) mass is 216 g/mol. The highest BCUT2D eigenvalue weighted by Gasteiger charge is 2.14. The van der Waals surface area contributed by atoms with Crippen LogP contribution in [0.3, 0.4) is 0 Å². The van der Waals surface area contributed by atoms with Gasteiger partial charge < -0.3 is 4.57 Å². The zero-order valence-corrected chi connectivity index (χ0v) is 10.1. The van der Waals surface area contributed by atoms with E-state index < -0.39 is 0 Å². The lowest BCUT2D eigenvalue weighted by Gasteiger charge is -2.18. The predicted molar refractivity (Wildman–Crippen MR) is 62.9 cm³/mol. The number of nitrogens with zero attached hydrogens (tertiary/aromatic N) is 4. The molecule has 2 heterocycles. The number of aryl methyl sites for hydroxylation is 1. The van der Waals surface area contributed by atoms with Gasteiger partial charge in [-0.05, 0) is 17.0 Å². The van der Waals surface area contributed by atoms with Gasteiger partial charge in [-0.1, -0.05) is 26.8 Å². The highest BCUT2D eigenvalue weighted by Crippen LogP contribution is 2.22. The Bertz CT molecular complexity index is 476. The standard InChI is InChI=1S/C12H16N4/c1-12(2,3)9-5-6-10(13-7-9)11-15-14-8-16(11)4/h5-8H,1-4H3. The first kappa shape index (κ1) is 10.8. The topological polar surface area (TPSA) is 43.6 Å². The van der Waals surface area contributed by atoms with Crippen molar-refractivity contribution < 1.29 is 0 Å². The molecule has 16 heavy (non-hydrogen) atoms. The summed E-state index contributed by atoms with van der Waals surface area (Å²) in [7, 11) is 1.91. The number of rotatable bonds is 1. The first-order valence-electron chi connectivity index (χ1n) is 5.29. The van der Waals surface area contributed by atoms with Crippen molar-refractivity contribution in [3.63, 3.8) is 0 Å². The second kappa shape index (κ2) is 3.70. The van der Waals surface area contributed by atoms with Gasteiger partial charge in [-0.2, -0.15) is 0 Å². The summed E-state index contributed by atoms with van der Waals surface area (Å²) in [6, 6.07) is 4.08. The summed E-state index contributed by atoms with van der Waals surface area (Å²) in [5.74, 6) is 0.792. The molecule has 2 aromatic rings. The van der Waals surface area contributed by atoms with E-state index >= 15 is 0 Å². The number of aromatic nitrogens is 4. The molecule has 84 valence electrons. The van der Waals surface area contributed by atoms with Gasteiger partial charge in [-0.25, -0.2) is 0 Å². The molecule has 0 aromatic carbocycles. The average Bonchev–Trinajstić information content (AvgIpc) is 2.63. The number of pyridine rings is 1. The predicted octanol–water partition coefficient (Wildman–Crippen LogP) is 2.17. The quantitative estimate of drug-likeness (QED) is 0.733. The molecule has 0 aliphatic rings. The first-order chi connectivity index (χ1) is 7.48. The third kappa shape index (κ3) is 1.96. The maximum atomic E-state index is 4.43. The van der Waals surface area contributed by atoms with E-state index in [1.807, 2.05) is 23.9 Å². The summed E-state index contributed by atoms with van der Waals surface area (Å²) >= 11 is 0. The minimum Gasteiger partial charge on any atom is -0.315 e. The van der Waals surface area contributed by atoms with Crippen LogP contribution in [0.2, 0.25) is 0 Å². The third-order valence-electron chi connectivity index (χ3n) is 2.57. The Balaban J connectivity index is 2.37. The van der Waals surface area contributed by atoms with Crippen molar-refractivity contribution in [2.75, 3.05) is 0 Å². The maximum absolute atomic E-state index is 4.43. The first-order valence-corrected chi connectivity index (χ1v) is 5.29. The Morgan fingerprint density at radius 3 is 2.38 bits per heavy atom. The second-order valence-electron chi connectivity index (χ2n) is 4.95. The SMILES string of the molecule is Cn1cnnc1-c1ccc(C(C)(C)C)cn1. The molecule has 0 saturated heterocycles. The van der Waals surface area contributed by atoms with Crippen LogP contribution >= 0.6 is 0 Å². The fourth-order valence-electron chi connectivity index (χ4n) is 1.48. The Morgan fingerprint density at radius 1 is 1.19 bits per heavy atom. The highest BCUT2D eigenvalue weighted by atomic mass is 15.3. The highest BCUT2D eigenvalue weighted by molar-refractivity contribution is 5.49. The van der Waals surface area contributed by atoms with Crippen LogP contribution in [0.15, 0.2) is 24.7 Å². The molecule has 4 nitrogen and oxygen atoms in total. The number of hydrogen-bond donors (Lipinski definition) is 0. The molecule has 0 bridgehead atoms. The van der Waals surface area contributed by atoms with Crippen molar-refractivity contribution >= 4 is 0 Å². The van der Waals surface area contributed by atoms with E-state index in [9.17, 15) is 0 Å². The molecule has 0 spiro atoms. The molecule has 0 aliphatic carbocycles. The molecule has 0 atom stereocenters. The third-order valence-corrected chi connectivity index (χ3v) is 2.57. The van der Waals surface area contributed by atoms with Crippen molar-refractivity contribution in [1.82, 2.24) is 19.7 Å². The van der Waals surface area contributed by atoms with Crippen LogP contribution in [0.25, 0.3) is 11.5 Å². The Hall–Kier alpha value is -1.71. The Labute approximate surface area is 95.4 Å². The molecule has 2 aromatic heterocycles. The molecular weight excluding hydrogens is 200 g/mol. The van der Waals surface area contributed by atoms with Gasteiger partial charge in [-0.15, -0.1) is 10.2 Å². The van der Waals surface area contributed by atoms with E-state index in [1.54, 1.807) is 6.33 Å². The smallest absolute Gasteiger partial charge is 0.182 e. The van der Waals surface area contributed by atoms with E-state index in [-0.39, 0.29) is 5.41 Å². The van der Waals surface area contributed by atoms with Crippen LogP contribution in [0.4, 0.5) is 0 Å². The largest absolute Gasteiger partial charge is 0.315 e. The van der Waals surface area contributed by atoms with E-state index in [1.165, 1.54) is 5.56 Å². The van der Waals surface area contributed by atoms with Crippen LogP contribution < -0.4 is 0 Å². The normalized spacial score (nSPS) is 11.8. The molecule has 0 radical (unpaired) electrons. The minimum absolute atomic E-state index is 0.130. The van der Waals surface area contributed by atoms with Gasteiger partial charge >= 0.3 is 0 Å². The second-order valence-corrected chi connectivity index (χ2v) is 4.95. The van der Waals surface area contributed by atoms with Crippen molar-refractivity contribution in [3.8, 4) is 11.5 Å². The van der Waals surface area contributed by atoms with Gasteiger partial charge in [0, 0.05) is 13.2 Å². The molecule has 0 saturated carbocycles. The van der Waals surface area contributed by atoms with Crippen molar-refractivity contribution in [1.29, 1.82) is 0 Å². The van der Waals surface area contributed by atoms with Gasteiger partial charge in [0.25, 0.3) is 0 Å². The molecule has 0 amide bonds. The van der Waals surface area contributed by atoms with Gasteiger partial charge in [0.2, 0.25) is 0 Å². The lowest BCUT2D eigenvalue weighted by Crippen LogP contribution is -2.11. The molecule has 0 N–H and O–H groups in total. The Morgan fingerprint density at radius 2 is 1.94 bits per heavy atom. The molecule has 0 unspecified atom stereocenters. The van der Waals surface area contributed by atoms with Crippen LogP contribution in [0, 0.1) is 0 Å². The lowest BCUT2D eigenvalue weighted by atomic mass is 9.88. The average molecular weight is 216 g/mol. The Kier molecular flexibility index (Phi) is 2.50. The van der Waals surface area contributed by atoms with Crippen LogP contribution in [0.5, 0.6) is 0 Å². The van der Waals surface area contributed by atoms with E-state index in [0.717, 1.165) is 11.5 Å². The summed E-state index contributed by atoms with van der Waals surface area (Å²) in [6.07, 6.45) is 3.58. The summed E-state index contributed by atoms with van der Waals surface area (Å²) in [4.78, 5) is 4.43. The zero-order chi connectivity index (χ0) is 11.8. The van der Waals surface area contributed by atoms with Gasteiger partial charge in [0.15, 0.2) is 5.82 Å². The summed E-state index contributed by atoms with van der Waals surface area (Å²) in [5, 5.41) is 7.87. The van der Waals surface area contributed by atoms with E-state index in [4.69, 9.17) is 0 Å².